The van der Waals surface area contributed by atoms with E-state index in [1.807, 2.05) is 0 Å². The van der Waals surface area contributed by atoms with Crippen molar-refractivity contribution in [3.8, 4) is 0 Å². The summed E-state index contributed by atoms with van der Waals surface area (Å²) >= 11 is 0. The van der Waals surface area contributed by atoms with Gasteiger partial charge in [-0.3, -0.25) is 4.90 Å². The van der Waals surface area contributed by atoms with Crippen LogP contribution in [0.2, 0.25) is 0 Å². The van der Waals surface area contributed by atoms with Crippen LogP contribution in [-0.4, -0.2) is 37.2 Å². The van der Waals surface area contributed by atoms with Crippen LogP contribution in [0.5, 0.6) is 0 Å². The van der Waals surface area contributed by atoms with Crippen molar-refractivity contribution < 1.29 is 4.74 Å². The van der Waals surface area contributed by atoms with E-state index in [2.05, 4.69) is 29.2 Å². The topological polar surface area (TPSA) is 38.5 Å². The van der Waals surface area contributed by atoms with Crippen LogP contribution in [0.15, 0.2) is 24.3 Å². The zero-order valence-electron chi connectivity index (χ0n) is 10.8. The summed E-state index contributed by atoms with van der Waals surface area (Å²) in [6.45, 7) is 4.80. The van der Waals surface area contributed by atoms with Crippen LogP contribution < -0.4 is 5.73 Å². The molecule has 1 aromatic carbocycles. The molecule has 3 heteroatoms. The van der Waals surface area contributed by atoms with E-state index < -0.39 is 0 Å². The molecule has 2 N–H and O–H groups in total. The lowest BCUT2D eigenvalue weighted by atomic mass is 9.93. The first-order valence-electron chi connectivity index (χ1n) is 6.95. The smallest absolute Gasteiger partial charge is 0.0507 e. The van der Waals surface area contributed by atoms with Crippen molar-refractivity contribution in [3.63, 3.8) is 0 Å². The summed E-state index contributed by atoms with van der Waals surface area (Å²) in [6.07, 6.45) is 2.30. The predicted octanol–water partition coefficient (Wildman–Crippen LogP) is 1.41. The lowest BCUT2D eigenvalue weighted by Gasteiger charge is -2.37. The Balaban J connectivity index is 1.73. The molecule has 0 aliphatic carbocycles. The highest BCUT2D eigenvalue weighted by Crippen LogP contribution is 2.25. The number of hydrogen-bond acceptors (Lipinski definition) is 3. The fraction of sp³-hybridized carbons (Fsp3) is 0.600. The first-order chi connectivity index (χ1) is 8.86. The normalized spacial score (nSPS) is 28.3. The van der Waals surface area contributed by atoms with Gasteiger partial charge in [-0.05, 0) is 29.9 Å². The first-order valence-corrected chi connectivity index (χ1v) is 6.95. The summed E-state index contributed by atoms with van der Waals surface area (Å²) in [7, 11) is 0. The molecule has 1 saturated heterocycles. The van der Waals surface area contributed by atoms with Crippen molar-refractivity contribution in [2.24, 2.45) is 11.7 Å². The monoisotopic (exact) mass is 246 g/mol. The number of hydrogen-bond donors (Lipinski definition) is 1. The summed E-state index contributed by atoms with van der Waals surface area (Å²) in [6, 6.07) is 9.26. The molecule has 0 saturated carbocycles. The number of ether oxygens (including phenoxy) is 1. The SMILES string of the molecule is NCC1Cc2ccccc2CN1CC1CCOC1. The average molecular weight is 246 g/mol. The van der Waals surface area contributed by atoms with Crippen molar-refractivity contribution in [1.82, 2.24) is 4.90 Å². The Morgan fingerprint density at radius 2 is 2.11 bits per heavy atom. The van der Waals surface area contributed by atoms with Gasteiger partial charge < -0.3 is 10.5 Å². The Bertz CT molecular complexity index is 401. The van der Waals surface area contributed by atoms with Gasteiger partial charge >= 0.3 is 0 Å². The molecule has 3 nitrogen and oxygen atoms in total. The Hall–Kier alpha value is -0.900. The maximum absolute atomic E-state index is 5.95. The van der Waals surface area contributed by atoms with Crippen LogP contribution >= 0.6 is 0 Å². The van der Waals surface area contributed by atoms with Gasteiger partial charge in [0.25, 0.3) is 0 Å². The molecule has 1 aromatic rings. The van der Waals surface area contributed by atoms with Crippen molar-refractivity contribution in [2.45, 2.75) is 25.4 Å². The molecule has 98 valence electrons. The quantitative estimate of drug-likeness (QED) is 0.876. The summed E-state index contributed by atoms with van der Waals surface area (Å²) in [5.41, 5.74) is 8.90. The predicted molar refractivity (Wildman–Crippen MR) is 72.3 cm³/mol. The largest absolute Gasteiger partial charge is 0.381 e. The number of fused-ring (bicyclic) bond motifs is 1. The van der Waals surface area contributed by atoms with Gasteiger partial charge in [-0.15, -0.1) is 0 Å². The molecule has 0 aromatic heterocycles. The Kier molecular flexibility index (Phi) is 3.64. The Labute approximate surface area is 109 Å². The molecular formula is C15H22N2O. The number of nitrogens with zero attached hydrogens (tertiary/aromatic N) is 1. The molecule has 2 heterocycles. The Morgan fingerprint density at radius 3 is 2.83 bits per heavy atom. The molecule has 2 unspecified atom stereocenters. The fourth-order valence-corrected chi connectivity index (χ4v) is 3.15. The van der Waals surface area contributed by atoms with E-state index in [1.54, 1.807) is 0 Å². The summed E-state index contributed by atoms with van der Waals surface area (Å²) in [5, 5.41) is 0. The molecule has 0 spiro atoms. The summed E-state index contributed by atoms with van der Waals surface area (Å²) in [5.74, 6) is 0.698. The molecule has 2 aliphatic heterocycles. The second kappa shape index (κ2) is 5.39. The highest BCUT2D eigenvalue weighted by molar-refractivity contribution is 5.30. The molecule has 2 aliphatic rings. The maximum Gasteiger partial charge on any atom is 0.0507 e. The third-order valence-corrected chi connectivity index (χ3v) is 4.25. The van der Waals surface area contributed by atoms with Gasteiger partial charge in [-0.2, -0.15) is 0 Å². The van der Waals surface area contributed by atoms with E-state index >= 15 is 0 Å². The van der Waals surface area contributed by atoms with Gasteiger partial charge in [0.2, 0.25) is 0 Å². The van der Waals surface area contributed by atoms with Gasteiger partial charge in [0.1, 0.15) is 0 Å². The number of nitrogens with two attached hydrogens (primary N) is 1. The van der Waals surface area contributed by atoms with E-state index in [4.69, 9.17) is 10.5 Å². The zero-order chi connectivity index (χ0) is 12.4. The number of rotatable bonds is 3. The molecule has 0 radical (unpaired) electrons. The van der Waals surface area contributed by atoms with Crippen LogP contribution in [0.25, 0.3) is 0 Å². The highest BCUT2D eigenvalue weighted by atomic mass is 16.5. The third kappa shape index (κ3) is 2.44. The Morgan fingerprint density at radius 1 is 1.28 bits per heavy atom. The average Bonchev–Trinajstić information content (AvgIpc) is 2.91. The van der Waals surface area contributed by atoms with Gasteiger partial charge in [-0.25, -0.2) is 0 Å². The second-order valence-corrected chi connectivity index (χ2v) is 5.52. The van der Waals surface area contributed by atoms with Crippen LogP contribution in [0, 0.1) is 5.92 Å². The highest BCUT2D eigenvalue weighted by Gasteiger charge is 2.28. The van der Waals surface area contributed by atoms with Crippen LogP contribution in [0.1, 0.15) is 17.5 Å². The van der Waals surface area contributed by atoms with Crippen molar-refractivity contribution in [3.05, 3.63) is 35.4 Å². The third-order valence-electron chi connectivity index (χ3n) is 4.25. The van der Waals surface area contributed by atoms with Gasteiger partial charge in [0.15, 0.2) is 0 Å². The van der Waals surface area contributed by atoms with Crippen LogP contribution in [-0.2, 0) is 17.7 Å². The minimum Gasteiger partial charge on any atom is -0.381 e. The molecule has 1 fully saturated rings. The van der Waals surface area contributed by atoms with Gasteiger partial charge in [0, 0.05) is 32.3 Å². The van der Waals surface area contributed by atoms with E-state index in [-0.39, 0.29) is 0 Å². The van der Waals surface area contributed by atoms with E-state index in [0.29, 0.717) is 12.0 Å². The lowest BCUT2D eigenvalue weighted by Crippen LogP contribution is -2.46. The molecule has 0 amide bonds. The fourth-order valence-electron chi connectivity index (χ4n) is 3.15. The van der Waals surface area contributed by atoms with E-state index in [0.717, 1.165) is 39.3 Å². The minimum atomic E-state index is 0.500. The van der Waals surface area contributed by atoms with Crippen LogP contribution in [0.4, 0.5) is 0 Å². The molecule has 2 atom stereocenters. The lowest BCUT2D eigenvalue weighted by molar-refractivity contribution is 0.130. The van der Waals surface area contributed by atoms with Crippen molar-refractivity contribution in [2.75, 3.05) is 26.3 Å². The zero-order valence-corrected chi connectivity index (χ0v) is 10.8. The first kappa shape index (κ1) is 12.2. The number of benzene rings is 1. The molecule has 0 bridgehead atoms. The second-order valence-electron chi connectivity index (χ2n) is 5.52. The van der Waals surface area contributed by atoms with Crippen molar-refractivity contribution >= 4 is 0 Å². The van der Waals surface area contributed by atoms with Gasteiger partial charge in [0.05, 0.1) is 6.61 Å². The van der Waals surface area contributed by atoms with Crippen molar-refractivity contribution in [1.29, 1.82) is 0 Å². The minimum absolute atomic E-state index is 0.500. The summed E-state index contributed by atoms with van der Waals surface area (Å²) < 4.78 is 5.48. The van der Waals surface area contributed by atoms with Gasteiger partial charge in [-0.1, -0.05) is 24.3 Å². The standard InChI is InChI=1S/C15H22N2O/c16-8-15-7-13-3-1-2-4-14(13)10-17(15)9-12-5-6-18-11-12/h1-4,12,15H,5-11,16H2. The van der Waals surface area contributed by atoms with E-state index in [1.165, 1.54) is 17.5 Å². The van der Waals surface area contributed by atoms with E-state index in [9.17, 15) is 0 Å². The summed E-state index contributed by atoms with van der Waals surface area (Å²) in [4.78, 5) is 2.56. The molecule has 3 rings (SSSR count). The molecular weight excluding hydrogens is 224 g/mol. The maximum atomic E-state index is 5.95. The molecule has 18 heavy (non-hydrogen) atoms. The van der Waals surface area contributed by atoms with Crippen LogP contribution in [0.3, 0.4) is 0 Å².